The average molecular weight is 278 g/mol. The lowest BCUT2D eigenvalue weighted by Crippen LogP contribution is -2.32. The fraction of sp³-hybridized carbons (Fsp3) is 0.917. The van der Waals surface area contributed by atoms with Crippen LogP contribution in [0.5, 0.6) is 0 Å². The minimum Gasteiger partial charge on any atom is -0.355 e. The zero-order valence-electron chi connectivity index (χ0n) is 11.7. The molecule has 0 aliphatic rings. The maximum absolute atomic E-state index is 11.6. The summed E-state index contributed by atoms with van der Waals surface area (Å²) >= 11 is 0. The summed E-state index contributed by atoms with van der Waals surface area (Å²) in [5, 5.41) is 5.75. The predicted molar refractivity (Wildman–Crippen MR) is 74.3 cm³/mol. The van der Waals surface area contributed by atoms with Crippen molar-refractivity contribution in [1.29, 1.82) is 0 Å². The molecular formula is C12H26N2O3S. The topological polar surface area (TPSA) is 75.3 Å². The highest BCUT2D eigenvalue weighted by molar-refractivity contribution is 7.92. The van der Waals surface area contributed by atoms with Gasteiger partial charge in [-0.15, -0.1) is 0 Å². The Morgan fingerprint density at radius 3 is 2.44 bits per heavy atom. The molecular weight excluding hydrogens is 252 g/mol. The lowest BCUT2D eigenvalue weighted by atomic mass is 10.2. The highest BCUT2D eigenvalue weighted by Crippen LogP contribution is 1.94. The number of amides is 1. The van der Waals surface area contributed by atoms with Gasteiger partial charge in [-0.25, -0.2) is 8.42 Å². The Bertz CT molecular complexity index is 326. The summed E-state index contributed by atoms with van der Waals surface area (Å²) in [5.74, 6) is -0.164. The van der Waals surface area contributed by atoms with E-state index in [2.05, 4.69) is 24.5 Å². The molecule has 0 fully saturated rings. The van der Waals surface area contributed by atoms with Crippen molar-refractivity contribution in [3.8, 4) is 0 Å². The Hall–Kier alpha value is -0.620. The molecule has 0 aromatic carbocycles. The fourth-order valence-electron chi connectivity index (χ4n) is 1.40. The monoisotopic (exact) mass is 278 g/mol. The molecule has 108 valence electrons. The number of rotatable bonds is 10. The smallest absolute Gasteiger partial charge is 0.235 e. The number of hydrogen-bond acceptors (Lipinski definition) is 4. The molecule has 0 unspecified atom stereocenters. The number of carbonyl (C=O) groups excluding carboxylic acids is 1. The van der Waals surface area contributed by atoms with Crippen molar-refractivity contribution in [2.24, 2.45) is 5.92 Å². The first kappa shape index (κ1) is 17.4. The van der Waals surface area contributed by atoms with E-state index in [1.807, 2.05) is 6.92 Å². The van der Waals surface area contributed by atoms with Crippen LogP contribution in [0.4, 0.5) is 0 Å². The maximum atomic E-state index is 11.6. The average Bonchev–Trinajstić information content (AvgIpc) is 2.24. The van der Waals surface area contributed by atoms with Crippen LogP contribution in [0.15, 0.2) is 0 Å². The lowest BCUT2D eigenvalue weighted by molar-refractivity contribution is -0.118. The van der Waals surface area contributed by atoms with E-state index >= 15 is 0 Å². The van der Waals surface area contributed by atoms with E-state index in [0.29, 0.717) is 25.4 Å². The van der Waals surface area contributed by atoms with Crippen molar-refractivity contribution in [3.63, 3.8) is 0 Å². The van der Waals surface area contributed by atoms with Crippen LogP contribution in [0.2, 0.25) is 0 Å². The summed E-state index contributed by atoms with van der Waals surface area (Å²) in [6.45, 7) is 8.22. The molecule has 0 spiro atoms. The molecule has 0 saturated carbocycles. The van der Waals surface area contributed by atoms with Crippen LogP contribution in [0.25, 0.3) is 0 Å². The number of sulfone groups is 1. The molecule has 0 heterocycles. The normalized spacial score (nSPS) is 11.8. The fourth-order valence-corrected chi connectivity index (χ4v) is 2.63. The van der Waals surface area contributed by atoms with E-state index in [1.54, 1.807) is 0 Å². The summed E-state index contributed by atoms with van der Waals surface area (Å²) in [7, 11) is -3.26. The Balaban J connectivity index is 3.77. The van der Waals surface area contributed by atoms with Crippen molar-refractivity contribution in [2.45, 2.75) is 33.6 Å². The zero-order chi connectivity index (χ0) is 14.0. The Morgan fingerprint density at radius 1 is 1.22 bits per heavy atom. The van der Waals surface area contributed by atoms with E-state index in [1.165, 1.54) is 0 Å². The van der Waals surface area contributed by atoms with Crippen LogP contribution < -0.4 is 10.6 Å². The van der Waals surface area contributed by atoms with Gasteiger partial charge in [0.05, 0.1) is 5.75 Å². The van der Waals surface area contributed by atoms with Gasteiger partial charge in [-0.1, -0.05) is 20.8 Å². The van der Waals surface area contributed by atoms with Gasteiger partial charge in [0.2, 0.25) is 5.91 Å². The molecule has 0 aromatic heterocycles. The first-order chi connectivity index (χ1) is 8.37. The molecule has 18 heavy (non-hydrogen) atoms. The molecule has 5 nitrogen and oxygen atoms in total. The predicted octanol–water partition coefficient (Wildman–Crippen LogP) is 0.563. The van der Waals surface area contributed by atoms with E-state index in [-0.39, 0.29) is 5.75 Å². The molecule has 0 radical (unpaired) electrons. The third-order valence-electron chi connectivity index (χ3n) is 2.28. The van der Waals surface area contributed by atoms with Gasteiger partial charge in [-0.2, -0.15) is 0 Å². The Morgan fingerprint density at radius 2 is 1.89 bits per heavy atom. The quantitative estimate of drug-likeness (QED) is 0.573. The highest BCUT2D eigenvalue weighted by Gasteiger charge is 2.15. The van der Waals surface area contributed by atoms with Crippen molar-refractivity contribution in [3.05, 3.63) is 0 Å². The van der Waals surface area contributed by atoms with Crippen LogP contribution in [0.1, 0.15) is 33.6 Å². The van der Waals surface area contributed by atoms with Gasteiger partial charge in [-0.05, 0) is 31.8 Å². The standard InChI is InChI=1S/C12H26N2O3S/c1-4-6-14-12(15)10-18(16,17)8-5-7-13-9-11(2)3/h11,13H,4-10H2,1-3H3,(H,14,15). The van der Waals surface area contributed by atoms with Gasteiger partial charge in [0, 0.05) is 6.54 Å². The van der Waals surface area contributed by atoms with E-state index in [4.69, 9.17) is 0 Å². The first-order valence-electron chi connectivity index (χ1n) is 6.55. The third kappa shape index (κ3) is 10.5. The van der Waals surface area contributed by atoms with Gasteiger partial charge in [0.25, 0.3) is 0 Å². The minimum absolute atomic E-state index is 0.0671. The molecule has 6 heteroatoms. The Kier molecular flexibility index (Phi) is 9.01. The molecule has 0 aromatic rings. The number of carbonyl (C=O) groups is 1. The van der Waals surface area contributed by atoms with Crippen LogP contribution in [-0.4, -0.2) is 45.5 Å². The van der Waals surface area contributed by atoms with Gasteiger partial charge in [0.15, 0.2) is 9.84 Å². The largest absolute Gasteiger partial charge is 0.355 e. The number of hydrogen-bond donors (Lipinski definition) is 2. The second-order valence-electron chi connectivity index (χ2n) is 4.89. The molecule has 0 bridgehead atoms. The lowest BCUT2D eigenvalue weighted by Gasteiger charge is -2.08. The van der Waals surface area contributed by atoms with Crippen LogP contribution in [0, 0.1) is 5.92 Å². The van der Waals surface area contributed by atoms with Crippen molar-refractivity contribution in [2.75, 3.05) is 31.1 Å². The maximum Gasteiger partial charge on any atom is 0.235 e. The summed E-state index contributed by atoms with van der Waals surface area (Å²) in [5.41, 5.74) is 0. The molecule has 2 N–H and O–H groups in total. The number of nitrogens with one attached hydrogen (secondary N) is 2. The van der Waals surface area contributed by atoms with Gasteiger partial charge in [-0.3, -0.25) is 4.79 Å². The molecule has 0 aliphatic heterocycles. The first-order valence-corrected chi connectivity index (χ1v) is 8.37. The van der Waals surface area contributed by atoms with Crippen molar-refractivity contribution in [1.82, 2.24) is 10.6 Å². The summed E-state index contributed by atoms with van der Waals surface area (Å²) in [4.78, 5) is 11.3. The van der Waals surface area contributed by atoms with Gasteiger partial charge in [0.1, 0.15) is 5.75 Å². The molecule has 0 aliphatic carbocycles. The second-order valence-corrected chi connectivity index (χ2v) is 7.08. The van der Waals surface area contributed by atoms with Gasteiger partial charge >= 0.3 is 0 Å². The molecule has 0 saturated heterocycles. The van der Waals surface area contributed by atoms with Crippen LogP contribution >= 0.6 is 0 Å². The molecule has 0 atom stereocenters. The van der Waals surface area contributed by atoms with Crippen LogP contribution in [0.3, 0.4) is 0 Å². The highest BCUT2D eigenvalue weighted by atomic mass is 32.2. The SMILES string of the molecule is CCCNC(=O)CS(=O)(=O)CCCNCC(C)C. The third-order valence-corrected chi connectivity index (χ3v) is 3.90. The molecule has 0 rings (SSSR count). The van der Waals surface area contributed by atoms with E-state index in [9.17, 15) is 13.2 Å². The van der Waals surface area contributed by atoms with Gasteiger partial charge < -0.3 is 10.6 Å². The zero-order valence-corrected chi connectivity index (χ0v) is 12.5. The Labute approximate surface area is 111 Å². The van der Waals surface area contributed by atoms with E-state index in [0.717, 1.165) is 13.0 Å². The summed E-state index contributed by atoms with van der Waals surface area (Å²) in [6, 6.07) is 0. The van der Waals surface area contributed by atoms with Crippen molar-refractivity contribution >= 4 is 15.7 Å². The molecule has 1 amide bonds. The van der Waals surface area contributed by atoms with E-state index < -0.39 is 21.5 Å². The van der Waals surface area contributed by atoms with Crippen molar-refractivity contribution < 1.29 is 13.2 Å². The second kappa shape index (κ2) is 9.33. The summed E-state index contributed by atoms with van der Waals surface area (Å²) in [6.07, 6.45) is 1.36. The minimum atomic E-state index is -3.26. The summed E-state index contributed by atoms with van der Waals surface area (Å²) < 4.78 is 23.2. The van der Waals surface area contributed by atoms with Crippen LogP contribution in [-0.2, 0) is 14.6 Å².